The summed E-state index contributed by atoms with van der Waals surface area (Å²) in [4.78, 5) is 0. The molecule has 0 amide bonds. The maximum Gasteiger partial charge on any atom is -0.00713 e. The van der Waals surface area contributed by atoms with E-state index in [4.69, 9.17) is 5.73 Å². The molecule has 0 heterocycles. The number of nitrogens with two attached hydrogens (primary N) is 1. The lowest BCUT2D eigenvalue weighted by atomic mass is 9.84. The Morgan fingerprint density at radius 1 is 1.07 bits per heavy atom. The predicted octanol–water partition coefficient (Wildman–Crippen LogP) is 3.39. The fraction of sp³-hybridized carbons (Fsp3) is 0.571. The number of rotatable bonds is 4. The Balaban J connectivity index is 2.99. The monoisotopic (exact) mass is 205 g/mol. The van der Waals surface area contributed by atoms with Crippen LogP contribution in [0.5, 0.6) is 0 Å². The molecular formula is C14H23N. The van der Waals surface area contributed by atoms with Gasteiger partial charge in [-0.3, -0.25) is 0 Å². The minimum Gasteiger partial charge on any atom is -0.330 e. The fourth-order valence-corrected chi connectivity index (χ4v) is 2.29. The molecule has 0 aliphatic rings. The molecule has 1 heteroatoms. The Bertz CT molecular complexity index is 295. The third kappa shape index (κ3) is 3.35. The second kappa shape index (κ2) is 5.32. The first kappa shape index (κ1) is 12.3. The maximum atomic E-state index is 5.68. The van der Waals surface area contributed by atoms with Crippen molar-refractivity contribution in [3.05, 3.63) is 34.9 Å². The summed E-state index contributed by atoms with van der Waals surface area (Å²) in [6.45, 7) is 9.65. The third-order valence-corrected chi connectivity index (χ3v) is 2.95. The van der Waals surface area contributed by atoms with Crippen molar-refractivity contribution in [2.75, 3.05) is 6.54 Å². The van der Waals surface area contributed by atoms with Gasteiger partial charge in [-0.25, -0.2) is 0 Å². The van der Waals surface area contributed by atoms with E-state index in [2.05, 4.69) is 45.9 Å². The van der Waals surface area contributed by atoms with Crippen molar-refractivity contribution in [2.24, 2.45) is 11.7 Å². The van der Waals surface area contributed by atoms with Crippen molar-refractivity contribution >= 4 is 0 Å². The molecule has 84 valence electrons. The second-order valence-corrected chi connectivity index (χ2v) is 4.85. The molecule has 0 saturated heterocycles. The molecule has 0 aliphatic carbocycles. The van der Waals surface area contributed by atoms with Crippen LogP contribution in [-0.2, 0) is 0 Å². The van der Waals surface area contributed by atoms with Gasteiger partial charge >= 0.3 is 0 Å². The lowest BCUT2D eigenvalue weighted by Crippen LogP contribution is -2.13. The van der Waals surface area contributed by atoms with E-state index in [9.17, 15) is 0 Å². The van der Waals surface area contributed by atoms with Gasteiger partial charge < -0.3 is 5.73 Å². The second-order valence-electron chi connectivity index (χ2n) is 4.85. The van der Waals surface area contributed by atoms with E-state index in [0.29, 0.717) is 11.8 Å². The van der Waals surface area contributed by atoms with Gasteiger partial charge in [0.05, 0.1) is 0 Å². The van der Waals surface area contributed by atoms with E-state index in [0.717, 1.165) is 13.0 Å². The lowest BCUT2D eigenvalue weighted by Gasteiger charge is -2.21. The van der Waals surface area contributed by atoms with E-state index in [1.54, 1.807) is 0 Å². The van der Waals surface area contributed by atoms with E-state index in [1.165, 1.54) is 16.7 Å². The summed E-state index contributed by atoms with van der Waals surface area (Å²) in [7, 11) is 0. The van der Waals surface area contributed by atoms with Crippen LogP contribution in [0.25, 0.3) is 0 Å². The van der Waals surface area contributed by atoms with Gasteiger partial charge in [-0.1, -0.05) is 43.2 Å². The minimum atomic E-state index is 0.605. The first-order chi connectivity index (χ1) is 7.04. The largest absolute Gasteiger partial charge is 0.330 e. The molecule has 0 aliphatic heterocycles. The van der Waals surface area contributed by atoms with Gasteiger partial charge in [-0.15, -0.1) is 0 Å². The van der Waals surface area contributed by atoms with Crippen molar-refractivity contribution in [1.29, 1.82) is 0 Å². The average molecular weight is 205 g/mol. The number of hydrogen-bond donors (Lipinski definition) is 1. The van der Waals surface area contributed by atoms with Crippen LogP contribution in [0.1, 0.15) is 42.9 Å². The molecule has 0 spiro atoms. The molecule has 0 aromatic heterocycles. The number of aryl methyl sites for hydroxylation is 2. The summed E-state index contributed by atoms with van der Waals surface area (Å²) in [6.07, 6.45) is 1.08. The van der Waals surface area contributed by atoms with Gasteiger partial charge in [-0.2, -0.15) is 0 Å². The summed E-state index contributed by atoms with van der Waals surface area (Å²) in [5, 5.41) is 0. The molecule has 0 saturated carbocycles. The van der Waals surface area contributed by atoms with E-state index < -0.39 is 0 Å². The zero-order chi connectivity index (χ0) is 11.4. The van der Waals surface area contributed by atoms with Crippen LogP contribution in [0, 0.1) is 19.8 Å². The first-order valence-corrected chi connectivity index (χ1v) is 5.83. The van der Waals surface area contributed by atoms with E-state index in [-0.39, 0.29) is 0 Å². The highest BCUT2D eigenvalue weighted by molar-refractivity contribution is 5.31. The van der Waals surface area contributed by atoms with Crippen molar-refractivity contribution in [1.82, 2.24) is 0 Å². The highest BCUT2D eigenvalue weighted by Crippen LogP contribution is 2.28. The molecule has 1 aromatic carbocycles. The number of benzene rings is 1. The minimum absolute atomic E-state index is 0.605. The lowest BCUT2D eigenvalue weighted by molar-refractivity contribution is 0.473. The van der Waals surface area contributed by atoms with Crippen molar-refractivity contribution in [2.45, 2.75) is 40.0 Å². The Labute approximate surface area is 93.7 Å². The Morgan fingerprint density at radius 3 is 2.00 bits per heavy atom. The van der Waals surface area contributed by atoms with Crippen LogP contribution in [0.2, 0.25) is 0 Å². The molecule has 1 nitrogen and oxygen atoms in total. The van der Waals surface area contributed by atoms with Gasteiger partial charge in [0, 0.05) is 0 Å². The van der Waals surface area contributed by atoms with Gasteiger partial charge in [0.2, 0.25) is 0 Å². The molecule has 1 atom stereocenters. The van der Waals surface area contributed by atoms with Crippen LogP contribution in [0.3, 0.4) is 0 Å². The normalized spacial score (nSPS) is 13.2. The summed E-state index contributed by atoms with van der Waals surface area (Å²) in [5.74, 6) is 1.27. The zero-order valence-electron chi connectivity index (χ0n) is 10.4. The standard InChI is InChI=1S/C14H23N/c1-10(2)14(5-6-15)13-8-11(3)7-12(4)9-13/h7-10,14H,5-6,15H2,1-4H3. The highest BCUT2D eigenvalue weighted by atomic mass is 14.5. The van der Waals surface area contributed by atoms with Crippen LogP contribution < -0.4 is 5.73 Å². The summed E-state index contributed by atoms with van der Waals surface area (Å²) in [5.41, 5.74) is 9.84. The average Bonchev–Trinajstić information content (AvgIpc) is 2.11. The van der Waals surface area contributed by atoms with E-state index >= 15 is 0 Å². The molecule has 2 N–H and O–H groups in total. The Hall–Kier alpha value is -0.820. The van der Waals surface area contributed by atoms with Crippen LogP contribution >= 0.6 is 0 Å². The molecule has 0 fully saturated rings. The van der Waals surface area contributed by atoms with Gasteiger partial charge in [0.15, 0.2) is 0 Å². The SMILES string of the molecule is Cc1cc(C)cc(C(CCN)C(C)C)c1. The quantitative estimate of drug-likeness (QED) is 0.801. The van der Waals surface area contributed by atoms with Crippen LogP contribution in [0.15, 0.2) is 18.2 Å². The smallest absolute Gasteiger partial charge is 0.00713 e. The Morgan fingerprint density at radius 2 is 1.60 bits per heavy atom. The fourth-order valence-electron chi connectivity index (χ4n) is 2.29. The van der Waals surface area contributed by atoms with Crippen LogP contribution in [0.4, 0.5) is 0 Å². The van der Waals surface area contributed by atoms with Crippen molar-refractivity contribution < 1.29 is 0 Å². The highest BCUT2D eigenvalue weighted by Gasteiger charge is 2.15. The molecule has 1 aromatic rings. The maximum absolute atomic E-state index is 5.68. The zero-order valence-corrected chi connectivity index (χ0v) is 10.4. The summed E-state index contributed by atoms with van der Waals surface area (Å²) >= 11 is 0. The Kier molecular flexibility index (Phi) is 4.34. The molecule has 15 heavy (non-hydrogen) atoms. The first-order valence-electron chi connectivity index (χ1n) is 5.83. The third-order valence-electron chi connectivity index (χ3n) is 2.95. The summed E-state index contributed by atoms with van der Waals surface area (Å²) < 4.78 is 0. The molecule has 0 radical (unpaired) electrons. The van der Waals surface area contributed by atoms with Gasteiger partial charge in [0.25, 0.3) is 0 Å². The summed E-state index contributed by atoms with van der Waals surface area (Å²) in [6, 6.07) is 6.82. The predicted molar refractivity (Wildman–Crippen MR) is 67.2 cm³/mol. The number of hydrogen-bond acceptors (Lipinski definition) is 1. The molecular weight excluding hydrogens is 182 g/mol. The molecule has 1 unspecified atom stereocenters. The molecule has 1 rings (SSSR count). The van der Waals surface area contributed by atoms with Crippen molar-refractivity contribution in [3.63, 3.8) is 0 Å². The van der Waals surface area contributed by atoms with Crippen molar-refractivity contribution in [3.8, 4) is 0 Å². The van der Waals surface area contributed by atoms with Gasteiger partial charge in [-0.05, 0) is 44.2 Å². The topological polar surface area (TPSA) is 26.0 Å². The van der Waals surface area contributed by atoms with Gasteiger partial charge in [0.1, 0.15) is 0 Å². The van der Waals surface area contributed by atoms with E-state index in [1.807, 2.05) is 0 Å². The molecule has 0 bridgehead atoms. The van der Waals surface area contributed by atoms with Crippen LogP contribution in [-0.4, -0.2) is 6.54 Å².